The van der Waals surface area contributed by atoms with E-state index in [0.29, 0.717) is 13.1 Å². The molecule has 5 nitrogen and oxygen atoms in total. The van der Waals surface area contributed by atoms with E-state index in [1.807, 2.05) is 12.2 Å². The number of hydrogen-bond donors (Lipinski definition) is 2. The number of allylic oxidation sites excluding steroid dienone is 3. The Hall–Kier alpha value is -1.11. The number of aliphatic hydroxyl groups is 1. The zero-order valence-corrected chi connectivity index (χ0v) is 10.5. The monoisotopic (exact) mass is 261 g/mol. The molecule has 0 radical (unpaired) electrons. The van der Waals surface area contributed by atoms with Crippen molar-refractivity contribution in [2.45, 2.75) is 25.1 Å². The number of alkyl halides is 1. The lowest BCUT2D eigenvalue weighted by Crippen LogP contribution is -2.21. The lowest BCUT2D eigenvalue weighted by atomic mass is 10.1. The molecular weight excluding hydrogens is 241 g/mol. The molecule has 2 aliphatic rings. The Labute approximate surface area is 106 Å². The van der Waals surface area contributed by atoms with Gasteiger partial charge >= 0.3 is 0 Å². The highest BCUT2D eigenvalue weighted by molar-refractivity contribution is 5.17. The summed E-state index contributed by atoms with van der Waals surface area (Å²) in [6, 6.07) is 0. The molecule has 0 aromatic rings. The molecule has 2 atom stereocenters. The number of halogens is 1. The number of aliphatic hydroxyl groups excluding tert-OH is 1. The van der Waals surface area contributed by atoms with E-state index >= 15 is 0 Å². The largest absolute Gasteiger partial charge is 0.392 e. The van der Waals surface area contributed by atoms with E-state index in [1.54, 1.807) is 0 Å². The van der Waals surface area contributed by atoms with Crippen LogP contribution in [0.1, 0.15) is 12.8 Å². The maximum Gasteiger partial charge on any atom is 0.140 e. The summed E-state index contributed by atoms with van der Waals surface area (Å²) in [4.78, 5) is 14.0. The normalized spacial score (nSPS) is 25.4. The predicted octanol–water partition coefficient (Wildman–Crippen LogP) is 1.26. The Balaban J connectivity index is 0.000000283. The van der Waals surface area contributed by atoms with Crippen molar-refractivity contribution in [1.82, 2.24) is 5.32 Å². The molecule has 1 heterocycles. The van der Waals surface area contributed by atoms with Crippen molar-refractivity contribution in [3.05, 3.63) is 33.7 Å². The molecule has 0 aromatic carbocycles. The van der Waals surface area contributed by atoms with E-state index in [2.05, 4.69) is 11.4 Å². The van der Waals surface area contributed by atoms with Crippen LogP contribution in [-0.4, -0.2) is 44.2 Å². The second kappa shape index (κ2) is 11.0. The summed E-state index contributed by atoms with van der Waals surface area (Å²) >= 11 is 0. The van der Waals surface area contributed by atoms with Gasteiger partial charge in [0.1, 0.15) is 12.3 Å². The molecule has 0 amide bonds. The maximum atomic E-state index is 12.4. The standard InChI is InChI=1S/C7H10O.C5H10FNO.O2/c8-6-7-4-2-1-3-5-7;1-8-5-3-7-2-4(5)6;1-2/h1-2,4,8H,3,5-6H2;4-5,7H,2-3H2,1H3;/t;4?,5-;/m.0./s1. The molecule has 1 fully saturated rings. The van der Waals surface area contributed by atoms with Crippen molar-refractivity contribution in [3.8, 4) is 0 Å². The fourth-order valence-electron chi connectivity index (χ4n) is 1.64. The van der Waals surface area contributed by atoms with Crippen LogP contribution in [0.15, 0.2) is 23.8 Å². The molecule has 104 valence electrons. The molecule has 0 saturated carbocycles. The summed E-state index contributed by atoms with van der Waals surface area (Å²) in [5.74, 6) is 0. The average molecular weight is 261 g/mol. The fraction of sp³-hybridized carbons (Fsp3) is 0.667. The van der Waals surface area contributed by atoms with Crippen LogP contribution in [0.25, 0.3) is 0 Å². The summed E-state index contributed by atoms with van der Waals surface area (Å²) < 4.78 is 17.2. The Bertz CT molecular complexity index is 271. The van der Waals surface area contributed by atoms with Crippen LogP contribution < -0.4 is 5.32 Å². The Morgan fingerprint density at radius 3 is 2.50 bits per heavy atom. The van der Waals surface area contributed by atoms with Crippen LogP contribution >= 0.6 is 0 Å². The van der Waals surface area contributed by atoms with Crippen molar-refractivity contribution < 1.29 is 14.2 Å². The zero-order valence-electron chi connectivity index (χ0n) is 10.5. The van der Waals surface area contributed by atoms with E-state index in [4.69, 9.17) is 19.8 Å². The first-order valence-corrected chi connectivity index (χ1v) is 5.77. The van der Waals surface area contributed by atoms with Gasteiger partial charge in [0.15, 0.2) is 0 Å². The van der Waals surface area contributed by atoms with Crippen LogP contribution in [0, 0.1) is 9.93 Å². The third kappa shape index (κ3) is 6.58. The average Bonchev–Trinajstić information content (AvgIpc) is 2.88. The summed E-state index contributed by atoms with van der Waals surface area (Å²) in [7, 11) is 1.53. The summed E-state index contributed by atoms with van der Waals surface area (Å²) in [6.07, 6.45) is 7.19. The quantitative estimate of drug-likeness (QED) is 0.782. The zero-order chi connectivity index (χ0) is 13.8. The van der Waals surface area contributed by atoms with Gasteiger partial charge in [-0.2, -0.15) is 0 Å². The molecule has 18 heavy (non-hydrogen) atoms. The first-order chi connectivity index (χ1) is 8.77. The fourth-order valence-corrected chi connectivity index (χ4v) is 1.64. The molecule has 1 aliphatic heterocycles. The second-order valence-corrected chi connectivity index (χ2v) is 3.90. The minimum absolute atomic E-state index is 0.213. The van der Waals surface area contributed by atoms with Crippen molar-refractivity contribution >= 4 is 0 Å². The van der Waals surface area contributed by atoms with Crippen LogP contribution in [0.3, 0.4) is 0 Å². The van der Waals surface area contributed by atoms with Crippen molar-refractivity contribution in [2.24, 2.45) is 0 Å². The van der Waals surface area contributed by atoms with Crippen LogP contribution in [-0.2, 0) is 4.74 Å². The van der Waals surface area contributed by atoms with Gasteiger partial charge in [0.25, 0.3) is 0 Å². The van der Waals surface area contributed by atoms with Crippen LogP contribution in [0.2, 0.25) is 0 Å². The first kappa shape index (κ1) is 16.9. The number of nitrogens with one attached hydrogen (secondary N) is 1. The van der Waals surface area contributed by atoms with Crippen LogP contribution in [0.5, 0.6) is 0 Å². The molecule has 0 spiro atoms. The SMILES string of the molecule is CO[C@H]1CNCC1F.O=O.OCC1=CC=CCC1. The summed E-state index contributed by atoms with van der Waals surface area (Å²) in [6.45, 7) is 1.32. The minimum Gasteiger partial charge on any atom is -0.392 e. The van der Waals surface area contributed by atoms with Crippen LogP contribution in [0.4, 0.5) is 4.39 Å². The molecule has 1 saturated heterocycles. The number of hydrogen-bond acceptors (Lipinski definition) is 5. The smallest absolute Gasteiger partial charge is 0.140 e. The lowest BCUT2D eigenvalue weighted by molar-refractivity contribution is 0.0647. The van der Waals surface area contributed by atoms with Crippen molar-refractivity contribution in [1.29, 1.82) is 0 Å². The molecule has 0 aromatic heterocycles. The summed E-state index contributed by atoms with van der Waals surface area (Å²) in [5, 5.41) is 11.5. The lowest BCUT2D eigenvalue weighted by Gasteiger charge is -2.06. The Morgan fingerprint density at radius 1 is 1.50 bits per heavy atom. The van der Waals surface area contributed by atoms with E-state index in [0.717, 1.165) is 18.4 Å². The van der Waals surface area contributed by atoms with Gasteiger partial charge in [0.05, 0.1) is 6.61 Å². The summed E-state index contributed by atoms with van der Waals surface area (Å²) in [5.41, 5.74) is 1.15. The van der Waals surface area contributed by atoms with Crippen molar-refractivity contribution in [2.75, 3.05) is 26.8 Å². The highest BCUT2D eigenvalue weighted by atomic mass is 19.1. The predicted molar refractivity (Wildman–Crippen MR) is 68.8 cm³/mol. The van der Waals surface area contributed by atoms with Gasteiger partial charge in [-0.15, -0.1) is 0 Å². The second-order valence-electron chi connectivity index (χ2n) is 3.90. The Kier molecular flexibility index (Phi) is 10.3. The molecule has 1 unspecified atom stereocenters. The molecule has 0 bridgehead atoms. The van der Waals surface area contributed by atoms with Gasteiger partial charge in [0, 0.05) is 30.1 Å². The molecule has 2 rings (SSSR count). The third-order valence-corrected chi connectivity index (χ3v) is 2.69. The number of methoxy groups -OCH3 is 1. The molecule has 6 heteroatoms. The maximum absolute atomic E-state index is 12.4. The third-order valence-electron chi connectivity index (χ3n) is 2.69. The highest BCUT2D eigenvalue weighted by Crippen LogP contribution is 2.09. The van der Waals surface area contributed by atoms with Gasteiger partial charge in [-0.1, -0.05) is 18.2 Å². The number of ether oxygens (including phenoxy) is 1. The molecular formula is C12H20FNO4. The van der Waals surface area contributed by atoms with Gasteiger partial charge < -0.3 is 15.2 Å². The highest BCUT2D eigenvalue weighted by Gasteiger charge is 2.25. The van der Waals surface area contributed by atoms with E-state index in [-0.39, 0.29) is 12.7 Å². The molecule has 2 N–H and O–H groups in total. The minimum atomic E-state index is -0.806. The van der Waals surface area contributed by atoms with Crippen molar-refractivity contribution in [3.63, 3.8) is 0 Å². The van der Waals surface area contributed by atoms with E-state index in [9.17, 15) is 4.39 Å². The van der Waals surface area contributed by atoms with Gasteiger partial charge in [-0.05, 0) is 18.4 Å². The molecule has 1 aliphatic carbocycles. The number of rotatable bonds is 2. The first-order valence-electron chi connectivity index (χ1n) is 5.77. The topological polar surface area (TPSA) is 75.6 Å². The van der Waals surface area contributed by atoms with E-state index in [1.165, 1.54) is 7.11 Å². The van der Waals surface area contributed by atoms with Gasteiger partial charge in [-0.25, -0.2) is 4.39 Å². The van der Waals surface area contributed by atoms with E-state index < -0.39 is 6.17 Å². The Morgan fingerprint density at radius 2 is 2.22 bits per heavy atom. The van der Waals surface area contributed by atoms with Gasteiger partial charge in [-0.3, -0.25) is 0 Å². The van der Waals surface area contributed by atoms with Gasteiger partial charge in [0.2, 0.25) is 0 Å².